The van der Waals surface area contributed by atoms with E-state index in [1.165, 1.54) is 6.42 Å². The fourth-order valence-corrected chi connectivity index (χ4v) is 2.46. The smallest absolute Gasteiger partial charge is 0.110 e. The summed E-state index contributed by atoms with van der Waals surface area (Å²) in [6.45, 7) is 4.92. The van der Waals surface area contributed by atoms with Crippen molar-refractivity contribution in [2.45, 2.75) is 45.2 Å². The summed E-state index contributed by atoms with van der Waals surface area (Å²) in [4.78, 5) is 4.41. The molecule has 1 aliphatic rings. The highest BCUT2D eigenvalue weighted by Gasteiger charge is 2.22. The minimum Gasteiger partial charge on any atom is -0.381 e. The largest absolute Gasteiger partial charge is 0.381 e. The average Bonchev–Trinajstić information content (AvgIpc) is 2.78. The molecule has 2 atom stereocenters. The molecule has 1 saturated heterocycles. The first kappa shape index (κ1) is 12.6. The molecule has 1 aliphatic heterocycles. The topological polar surface area (TPSA) is 53.1 Å². The molecule has 2 rings (SSSR count). The van der Waals surface area contributed by atoms with Crippen LogP contribution >= 0.6 is 0 Å². The van der Waals surface area contributed by atoms with Crippen LogP contribution in [-0.4, -0.2) is 28.8 Å². The second-order valence-electron chi connectivity index (χ2n) is 4.88. The molecule has 2 unspecified atom stereocenters. The Balaban J connectivity index is 1.92. The number of hydrogen-bond donors (Lipinski definition) is 1. The standard InChI is InChI=1S/C13H23N3O/c1-2-6-16-7-5-15-13(16)9-12(14)11-4-3-8-17-10-11/h5,7,11-12H,2-4,6,8-10,14H2,1H3. The summed E-state index contributed by atoms with van der Waals surface area (Å²) in [7, 11) is 0. The van der Waals surface area contributed by atoms with Crippen LogP contribution < -0.4 is 5.73 Å². The van der Waals surface area contributed by atoms with Crippen molar-refractivity contribution in [3.63, 3.8) is 0 Å². The molecule has 0 radical (unpaired) electrons. The molecule has 4 nitrogen and oxygen atoms in total. The number of rotatable bonds is 5. The van der Waals surface area contributed by atoms with Gasteiger partial charge in [-0.05, 0) is 25.2 Å². The van der Waals surface area contributed by atoms with Gasteiger partial charge in [-0.15, -0.1) is 0 Å². The summed E-state index contributed by atoms with van der Waals surface area (Å²) >= 11 is 0. The highest BCUT2D eigenvalue weighted by Crippen LogP contribution is 2.18. The zero-order valence-corrected chi connectivity index (χ0v) is 10.6. The van der Waals surface area contributed by atoms with E-state index in [4.69, 9.17) is 10.5 Å². The van der Waals surface area contributed by atoms with Crippen molar-refractivity contribution in [2.75, 3.05) is 13.2 Å². The molecular formula is C13H23N3O. The van der Waals surface area contributed by atoms with Gasteiger partial charge in [-0.25, -0.2) is 4.98 Å². The van der Waals surface area contributed by atoms with E-state index in [1.54, 1.807) is 0 Å². The van der Waals surface area contributed by atoms with E-state index in [-0.39, 0.29) is 6.04 Å². The van der Waals surface area contributed by atoms with Crippen molar-refractivity contribution < 1.29 is 4.74 Å². The highest BCUT2D eigenvalue weighted by molar-refractivity contribution is 4.96. The fraction of sp³-hybridized carbons (Fsp3) is 0.769. The second-order valence-corrected chi connectivity index (χ2v) is 4.88. The van der Waals surface area contributed by atoms with Gasteiger partial charge in [-0.1, -0.05) is 6.92 Å². The van der Waals surface area contributed by atoms with Gasteiger partial charge in [0.15, 0.2) is 0 Å². The number of nitrogens with zero attached hydrogens (tertiary/aromatic N) is 2. The normalized spacial score (nSPS) is 22.6. The Bertz CT molecular complexity index is 331. The monoisotopic (exact) mass is 237 g/mol. The van der Waals surface area contributed by atoms with Crippen LogP contribution in [0.2, 0.25) is 0 Å². The van der Waals surface area contributed by atoms with Crippen LogP contribution in [0.3, 0.4) is 0 Å². The van der Waals surface area contributed by atoms with Crippen molar-refractivity contribution in [1.82, 2.24) is 9.55 Å². The number of aryl methyl sites for hydroxylation is 1. The van der Waals surface area contributed by atoms with Gasteiger partial charge in [0.1, 0.15) is 5.82 Å². The summed E-state index contributed by atoms with van der Waals surface area (Å²) in [5.41, 5.74) is 6.27. The summed E-state index contributed by atoms with van der Waals surface area (Å²) in [6.07, 6.45) is 8.24. The molecule has 0 saturated carbocycles. The lowest BCUT2D eigenvalue weighted by molar-refractivity contribution is 0.0446. The van der Waals surface area contributed by atoms with Crippen LogP contribution in [0.4, 0.5) is 0 Å². The Labute approximate surface area is 103 Å². The van der Waals surface area contributed by atoms with Gasteiger partial charge in [0.25, 0.3) is 0 Å². The lowest BCUT2D eigenvalue weighted by atomic mass is 9.92. The average molecular weight is 237 g/mol. The number of hydrogen-bond acceptors (Lipinski definition) is 3. The molecule has 1 aromatic heterocycles. The highest BCUT2D eigenvalue weighted by atomic mass is 16.5. The van der Waals surface area contributed by atoms with Crippen molar-refractivity contribution in [3.05, 3.63) is 18.2 Å². The number of nitrogens with two attached hydrogens (primary N) is 1. The molecule has 17 heavy (non-hydrogen) atoms. The first-order valence-electron chi connectivity index (χ1n) is 6.64. The minimum absolute atomic E-state index is 0.174. The Kier molecular flexibility index (Phi) is 4.57. The van der Waals surface area contributed by atoms with Crippen molar-refractivity contribution in [1.29, 1.82) is 0 Å². The molecule has 1 fully saturated rings. The van der Waals surface area contributed by atoms with Crippen molar-refractivity contribution in [2.24, 2.45) is 11.7 Å². The van der Waals surface area contributed by atoms with Crippen LogP contribution in [-0.2, 0) is 17.7 Å². The molecule has 2 heterocycles. The van der Waals surface area contributed by atoms with E-state index in [0.29, 0.717) is 5.92 Å². The summed E-state index contributed by atoms with van der Waals surface area (Å²) in [5.74, 6) is 1.61. The van der Waals surface area contributed by atoms with E-state index < -0.39 is 0 Å². The maximum Gasteiger partial charge on any atom is 0.110 e. The molecule has 0 aromatic carbocycles. The Morgan fingerprint density at radius 2 is 2.53 bits per heavy atom. The number of imidazole rings is 1. The number of aromatic nitrogens is 2. The molecule has 0 aliphatic carbocycles. The maximum absolute atomic E-state index is 6.27. The van der Waals surface area contributed by atoms with Crippen LogP contribution in [0.5, 0.6) is 0 Å². The predicted octanol–water partition coefficient (Wildman–Crippen LogP) is 1.59. The van der Waals surface area contributed by atoms with Gasteiger partial charge < -0.3 is 15.0 Å². The number of ether oxygens (including phenoxy) is 1. The molecule has 1 aromatic rings. The first-order chi connectivity index (χ1) is 8.31. The zero-order valence-electron chi connectivity index (χ0n) is 10.6. The van der Waals surface area contributed by atoms with Crippen LogP contribution in [0, 0.1) is 5.92 Å². The third-order valence-corrected chi connectivity index (χ3v) is 3.49. The van der Waals surface area contributed by atoms with Gasteiger partial charge in [0.05, 0.1) is 6.61 Å². The molecule has 2 N–H and O–H groups in total. The molecule has 0 amide bonds. The van der Waals surface area contributed by atoms with Crippen LogP contribution in [0.15, 0.2) is 12.4 Å². The van der Waals surface area contributed by atoms with E-state index >= 15 is 0 Å². The van der Waals surface area contributed by atoms with Crippen LogP contribution in [0.25, 0.3) is 0 Å². The molecular weight excluding hydrogens is 214 g/mol. The zero-order chi connectivity index (χ0) is 12.1. The summed E-state index contributed by atoms with van der Waals surface area (Å²) in [6, 6.07) is 0.174. The Morgan fingerprint density at radius 3 is 3.24 bits per heavy atom. The van der Waals surface area contributed by atoms with Crippen molar-refractivity contribution in [3.8, 4) is 0 Å². The third-order valence-electron chi connectivity index (χ3n) is 3.49. The van der Waals surface area contributed by atoms with Gasteiger partial charge in [0, 0.05) is 38.0 Å². The molecule has 4 heteroatoms. The SMILES string of the molecule is CCCn1ccnc1CC(N)C1CCCOC1. The van der Waals surface area contributed by atoms with Gasteiger partial charge in [-0.2, -0.15) is 0 Å². The van der Waals surface area contributed by atoms with E-state index in [9.17, 15) is 0 Å². The predicted molar refractivity (Wildman–Crippen MR) is 67.7 cm³/mol. The second kappa shape index (κ2) is 6.17. The van der Waals surface area contributed by atoms with E-state index in [1.807, 2.05) is 12.4 Å². The van der Waals surface area contributed by atoms with Gasteiger partial charge >= 0.3 is 0 Å². The lowest BCUT2D eigenvalue weighted by Crippen LogP contribution is -2.38. The Hall–Kier alpha value is -0.870. The molecule has 0 spiro atoms. The summed E-state index contributed by atoms with van der Waals surface area (Å²) in [5, 5.41) is 0. The van der Waals surface area contributed by atoms with Gasteiger partial charge in [-0.3, -0.25) is 0 Å². The minimum atomic E-state index is 0.174. The molecule has 0 bridgehead atoms. The molecule has 96 valence electrons. The van der Waals surface area contributed by atoms with Crippen molar-refractivity contribution >= 4 is 0 Å². The van der Waals surface area contributed by atoms with Gasteiger partial charge in [0.2, 0.25) is 0 Å². The van der Waals surface area contributed by atoms with Crippen LogP contribution in [0.1, 0.15) is 32.0 Å². The Morgan fingerprint density at radius 1 is 1.65 bits per heavy atom. The fourth-order valence-electron chi connectivity index (χ4n) is 2.46. The quantitative estimate of drug-likeness (QED) is 0.846. The lowest BCUT2D eigenvalue weighted by Gasteiger charge is -2.27. The van der Waals surface area contributed by atoms with E-state index in [0.717, 1.165) is 44.8 Å². The van der Waals surface area contributed by atoms with E-state index in [2.05, 4.69) is 16.5 Å². The maximum atomic E-state index is 6.27. The third kappa shape index (κ3) is 3.30. The first-order valence-corrected chi connectivity index (χ1v) is 6.64. The summed E-state index contributed by atoms with van der Waals surface area (Å²) < 4.78 is 7.70.